The van der Waals surface area contributed by atoms with Crippen LogP contribution in [0.25, 0.3) is 0 Å². The van der Waals surface area contributed by atoms with E-state index >= 15 is 0 Å². The largest absolute Gasteiger partial charge is 0.412 e. The number of hydrogen-bond acceptors (Lipinski definition) is 1. The van der Waals surface area contributed by atoms with Crippen LogP contribution in [0.1, 0.15) is 46.5 Å². The molecule has 0 unspecified atom stereocenters. The molecule has 0 aromatic heterocycles. The Balaban J connectivity index is 0. The maximum atomic E-state index is 5.43. The third kappa shape index (κ3) is 6.32. The first-order valence-corrected chi connectivity index (χ1v) is 4.55. The van der Waals surface area contributed by atoms with Gasteiger partial charge in [-0.05, 0) is 25.7 Å². The molecule has 2 N–H and O–H groups in total. The fourth-order valence-electron chi connectivity index (χ4n) is 1.13. The summed E-state index contributed by atoms with van der Waals surface area (Å²) >= 11 is 0. The van der Waals surface area contributed by atoms with Crippen LogP contribution in [0, 0.1) is 0 Å². The van der Waals surface area contributed by atoms with Gasteiger partial charge in [-0.1, -0.05) is 20.8 Å². The highest BCUT2D eigenvalue weighted by atomic mass is 16.5. The maximum absolute atomic E-state index is 5.43. The van der Waals surface area contributed by atoms with Crippen LogP contribution in [0.15, 0.2) is 0 Å². The van der Waals surface area contributed by atoms with Crippen molar-refractivity contribution in [3.05, 3.63) is 0 Å². The minimum Gasteiger partial charge on any atom is -0.412 e. The zero-order valence-electron chi connectivity index (χ0n) is 8.02. The van der Waals surface area contributed by atoms with Crippen molar-refractivity contribution in [2.24, 2.45) is 0 Å². The lowest BCUT2D eigenvalue weighted by Gasteiger charge is -2.20. The second-order valence-electron chi connectivity index (χ2n) is 2.40. The van der Waals surface area contributed by atoms with Crippen molar-refractivity contribution >= 4 is 0 Å². The summed E-state index contributed by atoms with van der Waals surface area (Å²) in [5, 5.41) is 0. The molecule has 0 saturated carbocycles. The Morgan fingerprint density at radius 1 is 1.27 bits per heavy atom. The molecule has 1 aliphatic heterocycles. The van der Waals surface area contributed by atoms with E-state index in [1.54, 1.807) is 0 Å². The van der Waals surface area contributed by atoms with Gasteiger partial charge < -0.3 is 10.2 Å². The second-order valence-corrected chi connectivity index (χ2v) is 2.40. The van der Waals surface area contributed by atoms with E-state index in [0.717, 1.165) is 6.61 Å². The Kier molecular flexibility index (Phi) is 12.2. The second kappa shape index (κ2) is 9.92. The van der Waals surface area contributed by atoms with Gasteiger partial charge in [0.1, 0.15) is 0 Å². The Labute approximate surface area is 70.3 Å². The topological polar surface area (TPSA) is 40.7 Å². The highest BCUT2D eigenvalue weighted by Crippen LogP contribution is 2.14. The van der Waals surface area contributed by atoms with Gasteiger partial charge in [-0.2, -0.15) is 0 Å². The Bertz CT molecular complexity index is 58.6. The van der Waals surface area contributed by atoms with E-state index in [1.807, 2.05) is 13.8 Å². The van der Waals surface area contributed by atoms with Crippen molar-refractivity contribution in [1.29, 1.82) is 0 Å². The third-order valence-corrected chi connectivity index (χ3v) is 1.73. The molecule has 70 valence electrons. The van der Waals surface area contributed by atoms with Crippen LogP contribution in [0.2, 0.25) is 0 Å². The first-order chi connectivity index (χ1) is 4.93. The molecule has 0 amide bonds. The lowest BCUT2D eigenvalue weighted by molar-refractivity contribution is 0.0143. The van der Waals surface area contributed by atoms with Gasteiger partial charge in [-0.15, -0.1) is 0 Å². The van der Waals surface area contributed by atoms with E-state index in [2.05, 4.69) is 6.92 Å². The molecule has 0 bridgehead atoms. The Morgan fingerprint density at radius 3 is 2.18 bits per heavy atom. The van der Waals surface area contributed by atoms with E-state index in [-0.39, 0.29) is 5.48 Å². The van der Waals surface area contributed by atoms with E-state index < -0.39 is 0 Å². The van der Waals surface area contributed by atoms with Crippen molar-refractivity contribution in [1.82, 2.24) is 0 Å². The van der Waals surface area contributed by atoms with E-state index in [9.17, 15) is 0 Å². The molecule has 1 fully saturated rings. The van der Waals surface area contributed by atoms with Crippen LogP contribution >= 0.6 is 0 Å². The van der Waals surface area contributed by atoms with Crippen LogP contribution in [0.4, 0.5) is 0 Å². The minimum absolute atomic E-state index is 0. The van der Waals surface area contributed by atoms with Crippen LogP contribution in [-0.2, 0) is 4.74 Å². The van der Waals surface area contributed by atoms with Crippen LogP contribution in [0.3, 0.4) is 0 Å². The average molecular weight is 162 g/mol. The molecule has 11 heavy (non-hydrogen) atoms. The highest BCUT2D eigenvalue weighted by Gasteiger charge is 2.09. The van der Waals surface area contributed by atoms with Crippen molar-refractivity contribution in [3.8, 4) is 0 Å². The molecule has 0 aliphatic carbocycles. The molecule has 0 radical (unpaired) electrons. The summed E-state index contributed by atoms with van der Waals surface area (Å²) in [6, 6.07) is 0. The highest BCUT2D eigenvalue weighted by molar-refractivity contribution is 4.60. The van der Waals surface area contributed by atoms with Crippen molar-refractivity contribution in [3.63, 3.8) is 0 Å². The monoisotopic (exact) mass is 162 g/mol. The lowest BCUT2D eigenvalue weighted by atomic mass is 10.1. The summed E-state index contributed by atoms with van der Waals surface area (Å²) in [4.78, 5) is 0. The van der Waals surface area contributed by atoms with Gasteiger partial charge in [0.15, 0.2) is 0 Å². The Hall–Kier alpha value is -0.0800. The molecule has 1 heterocycles. The predicted molar refractivity (Wildman–Crippen MR) is 48.8 cm³/mol. The number of hydrogen-bond donors (Lipinski definition) is 0. The summed E-state index contributed by atoms with van der Waals surface area (Å²) in [6.07, 6.45) is 5.72. The summed E-state index contributed by atoms with van der Waals surface area (Å²) < 4.78 is 5.43. The van der Waals surface area contributed by atoms with Gasteiger partial charge in [0.2, 0.25) is 0 Å². The van der Waals surface area contributed by atoms with Gasteiger partial charge >= 0.3 is 0 Å². The normalized spacial score (nSPS) is 22.6. The molecular weight excluding hydrogens is 140 g/mol. The molecule has 0 spiro atoms. The van der Waals surface area contributed by atoms with Crippen LogP contribution in [0.5, 0.6) is 0 Å². The number of ether oxygens (including phenoxy) is 1. The summed E-state index contributed by atoms with van der Waals surface area (Å²) in [6.45, 7) is 7.19. The minimum atomic E-state index is 0. The third-order valence-electron chi connectivity index (χ3n) is 1.73. The molecule has 0 aromatic rings. The molecule has 2 heteroatoms. The Morgan fingerprint density at radius 2 is 1.91 bits per heavy atom. The quantitative estimate of drug-likeness (QED) is 0.582. The molecule has 1 atom stereocenters. The average Bonchev–Trinajstić information content (AvgIpc) is 2.10. The van der Waals surface area contributed by atoms with Crippen molar-refractivity contribution in [2.45, 2.75) is 52.6 Å². The fraction of sp³-hybridized carbons (Fsp3) is 1.00. The zero-order chi connectivity index (χ0) is 7.82. The molecule has 1 aliphatic rings. The SMILES string of the molecule is CC.CC[C@H]1CCCCO1.O. The zero-order valence-corrected chi connectivity index (χ0v) is 8.02. The maximum Gasteiger partial charge on any atom is 0.0572 e. The van der Waals surface area contributed by atoms with E-state index in [1.165, 1.54) is 25.7 Å². The summed E-state index contributed by atoms with van der Waals surface area (Å²) in [5.74, 6) is 0. The molecule has 2 nitrogen and oxygen atoms in total. The van der Waals surface area contributed by atoms with E-state index in [4.69, 9.17) is 4.74 Å². The smallest absolute Gasteiger partial charge is 0.0572 e. The van der Waals surface area contributed by atoms with Crippen LogP contribution in [-0.4, -0.2) is 18.2 Å². The number of rotatable bonds is 1. The van der Waals surface area contributed by atoms with Gasteiger partial charge in [0, 0.05) is 6.61 Å². The molecule has 1 rings (SSSR count). The summed E-state index contributed by atoms with van der Waals surface area (Å²) in [5.41, 5.74) is 0. The first kappa shape index (κ1) is 13.5. The lowest BCUT2D eigenvalue weighted by Crippen LogP contribution is -2.17. The van der Waals surface area contributed by atoms with Gasteiger partial charge in [0.05, 0.1) is 6.10 Å². The molecule has 0 aromatic carbocycles. The molecule has 1 saturated heterocycles. The van der Waals surface area contributed by atoms with Gasteiger partial charge in [-0.25, -0.2) is 0 Å². The first-order valence-electron chi connectivity index (χ1n) is 4.55. The van der Waals surface area contributed by atoms with E-state index in [0.29, 0.717) is 6.10 Å². The van der Waals surface area contributed by atoms with Crippen molar-refractivity contribution < 1.29 is 10.2 Å². The van der Waals surface area contributed by atoms with Gasteiger partial charge in [0.25, 0.3) is 0 Å². The fourth-order valence-corrected chi connectivity index (χ4v) is 1.13. The van der Waals surface area contributed by atoms with Crippen molar-refractivity contribution in [2.75, 3.05) is 6.61 Å². The standard InChI is InChI=1S/C7H14O.C2H6.H2O/c1-2-7-5-3-4-6-8-7;1-2;/h7H,2-6H2,1H3;1-2H3;1H2/t7-;;/m0../s1. The summed E-state index contributed by atoms with van der Waals surface area (Å²) in [7, 11) is 0. The van der Waals surface area contributed by atoms with Crippen LogP contribution < -0.4 is 0 Å². The molecular formula is C9H22O2. The predicted octanol–water partition coefficient (Wildman–Crippen LogP) is 2.17. The van der Waals surface area contributed by atoms with Gasteiger partial charge in [-0.3, -0.25) is 0 Å².